The summed E-state index contributed by atoms with van der Waals surface area (Å²) in [4.78, 5) is 23.9. The van der Waals surface area contributed by atoms with E-state index < -0.39 is 22.6 Å². The fourth-order valence-corrected chi connectivity index (χ4v) is 3.15. The van der Waals surface area contributed by atoms with Gasteiger partial charge in [0, 0.05) is 36.3 Å². The van der Waals surface area contributed by atoms with E-state index in [9.17, 15) is 28.1 Å². The maximum atomic E-state index is 13.3. The van der Waals surface area contributed by atoms with Gasteiger partial charge in [0.15, 0.2) is 0 Å². The van der Waals surface area contributed by atoms with Gasteiger partial charge in [0.25, 0.3) is 5.69 Å². The molecule has 0 heterocycles. The lowest BCUT2D eigenvalue weighted by atomic mass is 10.0. The molecule has 0 aliphatic heterocycles. The molecule has 2 N–H and O–H groups in total. The summed E-state index contributed by atoms with van der Waals surface area (Å²) >= 11 is 0. The molecule has 6 nitrogen and oxygen atoms in total. The third kappa shape index (κ3) is 4.48. The number of nitro benzene ring substituents is 1. The zero-order valence-electron chi connectivity index (χ0n) is 14.8. The minimum Gasteiger partial charge on any atom is -0.366 e. The number of carbonyl (C=O) groups is 1. The number of hydrogen-bond acceptors (Lipinski definition) is 4. The first kappa shape index (κ1) is 19.8. The first-order valence-electron chi connectivity index (χ1n) is 8.63. The van der Waals surface area contributed by atoms with Crippen molar-refractivity contribution in [3.8, 4) is 0 Å². The van der Waals surface area contributed by atoms with Crippen molar-refractivity contribution in [1.29, 1.82) is 0 Å². The van der Waals surface area contributed by atoms with Gasteiger partial charge in [-0.25, -0.2) is 0 Å². The van der Waals surface area contributed by atoms with Gasteiger partial charge >= 0.3 is 6.18 Å². The summed E-state index contributed by atoms with van der Waals surface area (Å²) in [5, 5.41) is 11.4. The number of halogens is 3. The number of nitrogens with zero attached hydrogens (tertiary/aromatic N) is 2. The van der Waals surface area contributed by atoms with Crippen LogP contribution in [0.5, 0.6) is 0 Å². The molecule has 0 unspecified atom stereocenters. The Hall–Kier alpha value is -2.94. The van der Waals surface area contributed by atoms with Gasteiger partial charge in [-0.1, -0.05) is 24.3 Å². The molecule has 1 amide bonds. The number of nitro groups is 1. The van der Waals surface area contributed by atoms with E-state index in [0.717, 1.165) is 25.0 Å². The van der Waals surface area contributed by atoms with Crippen molar-refractivity contribution in [2.75, 3.05) is 0 Å². The maximum absolute atomic E-state index is 13.3. The third-order valence-corrected chi connectivity index (χ3v) is 4.70. The van der Waals surface area contributed by atoms with Gasteiger partial charge < -0.3 is 5.73 Å². The van der Waals surface area contributed by atoms with Gasteiger partial charge in [-0.05, 0) is 30.5 Å². The van der Waals surface area contributed by atoms with Crippen molar-refractivity contribution in [2.24, 2.45) is 5.73 Å². The molecule has 1 aliphatic rings. The Morgan fingerprint density at radius 1 is 1.14 bits per heavy atom. The lowest BCUT2D eigenvalue weighted by Crippen LogP contribution is -2.27. The molecular formula is C19H18F3N3O3. The molecular weight excluding hydrogens is 375 g/mol. The quantitative estimate of drug-likeness (QED) is 0.571. The van der Waals surface area contributed by atoms with Crippen LogP contribution >= 0.6 is 0 Å². The second-order valence-electron chi connectivity index (χ2n) is 6.76. The fourth-order valence-electron chi connectivity index (χ4n) is 3.15. The molecule has 1 fully saturated rings. The Morgan fingerprint density at radius 2 is 1.79 bits per heavy atom. The second-order valence-corrected chi connectivity index (χ2v) is 6.76. The van der Waals surface area contributed by atoms with Crippen LogP contribution in [0.1, 0.15) is 39.9 Å². The van der Waals surface area contributed by atoms with E-state index in [4.69, 9.17) is 5.73 Å². The Morgan fingerprint density at radius 3 is 2.36 bits per heavy atom. The number of primary amides is 1. The number of rotatable bonds is 7. The SMILES string of the molecule is NC(=O)c1ccc(CN(Cc2ccccc2C(F)(F)F)C2CC2)c([N+](=O)[O-])c1. The summed E-state index contributed by atoms with van der Waals surface area (Å²) in [6.07, 6.45) is -2.83. The van der Waals surface area contributed by atoms with Gasteiger partial charge in [-0.2, -0.15) is 13.2 Å². The largest absolute Gasteiger partial charge is 0.416 e. The van der Waals surface area contributed by atoms with Crippen LogP contribution in [0.4, 0.5) is 18.9 Å². The third-order valence-electron chi connectivity index (χ3n) is 4.70. The lowest BCUT2D eigenvalue weighted by molar-refractivity contribution is -0.385. The molecule has 0 atom stereocenters. The van der Waals surface area contributed by atoms with Crippen LogP contribution in [-0.4, -0.2) is 21.8 Å². The molecule has 0 saturated heterocycles. The number of carbonyl (C=O) groups excluding carboxylic acids is 1. The van der Waals surface area contributed by atoms with Crippen LogP contribution in [0.25, 0.3) is 0 Å². The van der Waals surface area contributed by atoms with E-state index in [2.05, 4.69) is 0 Å². The van der Waals surface area contributed by atoms with Crippen molar-refractivity contribution >= 4 is 11.6 Å². The van der Waals surface area contributed by atoms with E-state index in [0.29, 0.717) is 5.56 Å². The van der Waals surface area contributed by atoms with Crippen LogP contribution < -0.4 is 5.73 Å². The molecule has 0 spiro atoms. The minimum atomic E-state index is -4.47. The summed E-state index contributed by atoms with van der Waals surface area (Å²) < 4.78 is 39.8. The predicted molar refractivity (Wildman–Crippen MR) is 95.3 cm³/mol. The topological polar surface area (TPSA) is 89.5 Å². The summed E-state index contributed by atoms with van der Waals surface area (Å²) in [6.45, 7) is 0.126. The van der Waals surface area contributed by atoms with Crippen molar-refractivity contribution in [3.05, 3.63) is 74.8 Å². The molecule has 0 radical (unpaired) electrons. The van der Waals surface area contributed by atoms with Gasteiger partial charge in [-0.15, -0.1) is 0 Å². The molecule has 28 heavy (non-hydrogen) atoms. The molecule has 9 heteroatoms. The van der Waals surface area contributed by atoms with Crippen molar-refractivity contribution in [2.45, 2.75) is 38.1 Å². The Labute approximate surface area is 158 Å². The van der Waals surface area contributed by atoms with E-state index in [1.54, 1.807) is 11.0 Å². The van der Waals surface area contributed by atoms with Crippen LogP contribution in [0.3, 0.4) is 0 Å². The number of hydrogen-bond donors (Lipinski definition) is 1. The minimum absolute atomic E-state index is 0.0100. The monoisotopic (exact) mass is 393 g/mol. The zero-order valence-corrected chi connectivity index (χ0v) is 14.8. The molecule has 1 aliphatic carbocycles. The highest BCUT2D eigenvalue weighted by atomic mass is 19.4. The van der Waals surface area contributed by atoms with Gasteiger partial charge in [-0.3, -0.25) is 19.8 Å². The lowest BCUT2D eigenvalue weighted by Gasteiger charge is -2.24. The normalized spacial score (nSPS) is 14.3. The molecule has 2 aromatic rings. The standard InChI is InChI=1S/C19H18F3N3O3/c20-19(21,22)16-4-2-1-3-13(16)10-24(15-7-8-15)11-14-6-5-12(18(23)26)9-17(14)25(27)28/h1-6,9,15H,7-8,10-11H2,(H2,23,26). The predicted octanol–water partition coefficient (Wildman–Crippen LogP) is 3.88. The number of benzene rings is 2. The maximum Gasteiger partial charge on any atom is 0.416 e. The number of nitrogens with two attached hydrogens (primary N) is 1. The highest BCUT2D eigenvalue weighted by Crippen LogP contribution is 2.36. The van der Waals surface area contributed by atoms with Gasteiger partial charge in [0.2, 0.25) is 5.91 Å². The van der Waals surface area contributed by atoms with E-state index >= 15 is 0 Å². The van der Waals surface area contributed by atoms with Crippen molar-refractivity contribution < 1.29 is 22.9 Å². The Bertz CT molecular complexity index is 911. The molecule has 0 bridgehead atoms. The van der Waals surface area contributed by atoms with Crippen molar-refractivity contribution in [3.63, 3.8) is 0 Å². The first-order valence-corrected chi connectivity index (χ1v) is 8.63. The zero-order chi connectivity index (χ0) is 20.5. The Kier molecular flexibility index (Phi) is 5.37. The van der Waals surface area contributed by atoms with Gasteiger partial charge in [0.1, 0.15) is 0 Å². The highest BCUT2D eigenvalue weighted by molar-refractivity contribution is 5.93. The van der Waals surface area contributed by atoms with E-state index in [1.807, 2.05) is 0 Å². The van der Waals surface area contributed by atoms with Crippen LogP contribution in [0, 0.1) is 10.1 Å². The number of alkyl halides is 3. The fraction of sp³-hybridized carbons (Fsp3) is 0.316. The highest BCUT2D eigenvalue weighted by Gasteiger charge is 2.36. The summed E-state index contributed by atoms with van der Waals surface area (Å²) in [7, 11) is 0. The van der Waals surface area contributed by atoms with E-state index in [-0.39, 0.29) is 35.9 Å². The van der Waals surface area contributed by atoms with Crippen LogP contribution in [0.15, 0.2) is 42.5 Å². The van der Waals surface area contributed by atoms with Crippen LogP contribution in [0.2, 0.25) is 0 Å². The summed E-state index contributed by atoms with van der Waals surface area (Å²) in [6, 6.07) is 9.32. The first-order chi connectivity index (χ1) is 13.2. The van der Waals surface area contributed by atoms with Crippen LogP contribution in [-0.2, 0) is 19.3 Å². The molecule has 148 valence electrons. The molecule has 0 aromatic heterocycles. The average Bonchev–Trinajstić information content (AvgIpc) is 3.45. The smallest absolute Gasteiger partial charge is 0.366 e. The second kappa shape index (κ2) is 7.59. The molecule has 3 rings (SSSR count). The summed E-state index contributed by atoms with van der Waals surface area (Å²) in [5.74, 6) is -0.784. The van der Waals surface area contributed by atoms with Crippen molar-refractivity contribution in [1.82, 2.24) is 4.90 Å². The van der Waals surface area contributed by atoms with E-state index in [1.165, 1.54) is 24.3 Å². The molecule has 2 aromatic carbocycles. The van der Waals surface area contributed by atoms with Gasteiger partial charge in [0.05, 0.1) is 10.5 Å². The summed E-state index contributed by atoms with van der Waals surface area (Å²) in [5.41, 5.74) is 4.65. The number of amides is 1. The molecule has 1 saturated carbocycles. The Balaban J connectivity index is 1.90. The average molecular weight is 393 g/mol.